The Morgan fingerprint density at radius 1 is 1.26 bits per heavy atom. The zero-order valence-corrected chi connectivity index (χ0v) is 11.0. The van der Waals surface area contributed by atoms with Gasteiger partial charge in [-0.15, -0.1) is 11.3 Å². The summed E-state index contributed by atoms with van der Waals surface area (Å²) in [5.41, 5.74) is 0.164. The topological polar surface area (TPSA) is 86.6 Å². The van der Waals surface area contributed by atoms with Crippen molar-refractivity contribution in [1.29, 1.82) is 0 Å². The third-order valence-electron chi connectivity index (χ3n) is 2.31. The summed E-state index contributed by atoms with van der Waals surface area (Å²) in [6.45, 7) is 0. The van der Waals surface area contributed by atoms with E-state index in [4.69, 9.17) is 16.7 Å². The number of carbonyl (C=O) groups excluding carboxylic acids is 1. The van der Waals surface area contributed by atoms with Crippen LogP contribution in [-0.4, -0.2) is 22.1 Å². The monoisotopic (exact) mass is 297 g/mol. The molecule has 0 aliphatic heterocycles. The summed E-state index contributed by atoms with van der Waals surface area (Å²) < 4.78 is 0. The molecule has 0 spiro atoms. The van der Waals surface area contributed by atoms with Crippen LogP contribution in [0.1, 0.15) is 20.0 Å². The van der Waals surface area contributed by atoms with Crippen LogP contribution < -0.4 is 5.32 Å². The lowest BCUT2D eigenvalue weighted by Crippen LogP contribution is -2.13. The van der Waals surface area contributed by atoms with Gasteiger partial charge in [-0.1, -0.05) is 11.6 Å². The van der Waals surface area contributed by atoms with E-state index >= 15 is 0 Å². The fourth-order valence-corrected chi connectivity index (χ4v) is 2.31. The molecule has 0 saturated carbocycles. The van der Waals surface area contributed by atoms with Crippen molar-refractivity contribution < 1.29 is 19.8 Å². The Morgan fingerprint density at radius 2 is 2.00 bits per heavy atom. The number of carboxylic acid groups (broad SMARTS) is 1. The zero-order chi connectivity index (χ0) is 14.0. The fourth-order valence-electron chi connectivity index (χ4n) is 1.45. The third-order valence-corrected chi connectivity index (χ3v) is 3.45. The molecule has 0 fully saturated rings. The number of aromatic carboxylic acids is 1. The van der Waals surface area contributed by atoms with E-state index < -0.39 is 11.9 Å². The van der Waals surface area contributed by atoms with E-state index in [9.17, 15) is 14.7 Å². The van der Waals surface area contributed by atoms with Gasteiger partial charge in [0.2, 0.25) is 0 Å². The van der Waals surface area contributed by atoms with Gasteiger partial charge in [0.25, 0.3) is 5.91 Å². The summed E-state index contributed by atoms with van der Waals surface area (Å²) in [4.78, 5) is 22.9. The number of hydrogen-bond donors (Lipinski definition) is 3. The molecule has 1 aromatic heterocycles. The summed E-state index contributed by atoms with van der Waals surface area (Å²) in [6.07, 6.45) is 0. The maximum absolute atomic E-state index is 11.9. The summed E-state index contributed by atoms with van der Waals surface area (Å²) in [5, 5.41) is 22.8. The molecule has 1 heterocycles. The third kappa shape index (κ3) is 2.86. The summed E-state index contributed by atoms with van der Waals surface area (Å²) in [5.74, 6) is -1.98. The number of nitrogens with one attached hydrogen (secondary N) is 1. The molecule has 7 heteroatoms. The number of halogens is 1. The normalized spacial score (nSPS) is 10.2. The van der Waals surface area contributed by atoms with E-state index in [-0.39, 0.29) is 21.9 Å². The number of anilines is 1. The summed E-state index contributed by atoms with van der Waals surface area (Å²) in [6, 6.07) is 5.52. The largest absolute Gasteiger partial charge is 0.507 e. The molecule has 0 radical (unpaired) electrons. The molecule has 2 aromatic rings. The molecule has 0 unspecified atom stereocenters. The molecule has 1 amide bonds. The molecule has 1 aromatic carbocycles. The molecule has 0 atom stereocenters. The highest BCUT2D eigenvalue weighted by molar-refractivity contribution is 7.12. The first kappa shape index (κ1) is 13.4. The maximum Gasteiger partial charge on any atom is 0.348 e. The molecular formula is C12H8ClNO4S. The summed E-state index contributed by atoms with van der Waals surface area (Å²) in [7, 11) is 0. The molecule has 98 valence electrons. The van der Waals surface area contributed by atoms with Crippen LogP contribution in [0.3, 0.4) is 0 Å². The molecule has 19 heavy (non-hydrogen) atoms. The highest BCUT2D eigenvalue weighted by Crippen LogP contribution is 2.26. The number of amides is 1. The maximum atomic E-state index is 11.9. The van der Waals surface area contributed by atoms with Gasteiger partial charge in [-0.3, -0.25) is 4.79 Å². The number of hydrogen-bond acceptors (Lipinski definition) is 4. The molecule has 5 nitrogen and oxygen atoms in total. The van der Waals surface area contributed by atoms with Crippen LogP contribution in [0.5, 0.6) is 5.75 Å². The fraction of sp³-hybridized carbons (Fsp3) is 0. The SMILES string of the molecule is O=C(Nc1ccsc1C(=O)O)c1cc(Cl)ccc1O. The van der Waals surface area contributed by atoms with Crippen LogP contribution in [0, 0.1) is 0 Å². The van der Waals surface area contributed by atoms with Crippen molar-refractivity contribution >= 4 is 40.5 Å². The number of carbonyl (C=O) groups is 2. The van der Waals surface area contributed by atoms with Crippen molar-refractivity contribution in [2.75, 3.05) is 5.32 Å². The average Bonchev–Trinajstić information content (AvgIpc) is 2.80. The number of thiophene rings is 1. The van der Waals surface area contributed by atoms with E-state index in [1.54, 1.807) is 5.38 Å². The Bertz CT molecular complexity index is 653. The Morgan fingerprint density at radius 3 is 2.68 bits per heavy atom. The molecular weight excluding hydrogens is 290 g/mol. The number of aromatic hydroxyl groups is 1. The predicted molar refractivity (Wildman–Crippen MR) is 72.3 cm³/mol. The first-order chi connectivity index (χ1) is 8.99. The van der Waals surface area contributed by atoms with Crippen molar-refractivity contribution in [1.82, 2.24) is 0 Å². The Kier molecular flexibility index (Phi) is 3.73. The Labute approximate surface area is 117 Å². The highest BCUT2D eigenvalue weighted by atomic mass is 35.5. The zero-order valence-electron chi connectivity index (χ0n) is 9.38. The molecule has 3 N–H and O–H groups in total. The van der Waals surface area contributed by atoms with E-state index in [1.807, 2.05) is 0 Å². The number of rotatable bonds is 3. The molecule has 2 rings (SSSR count). The average molecular weight is 298 g/mol. The Balaban J connectivity index is 2.28. The van der Waals surface area contributed by atoms with Crippen LogP contribution in [0.2, 0.25) is 5.02 Å². The molecule has 0 saturated heterocycles. The molecule has 0 aliphatic carbocycles. The number of carboxylic acids is 1. The van der Waals surface area contributed by atoms with Crippen molar-refractivity contribution in [3.63, 3.8) is 0 Å². The van der Waals surface area contributed by atoms with Gasteiger partial charge in [0, 0.05) is 5.02 Å². The lowest BCUT2D eigenvalue weighted by Gasteiger charge is -2.06. The first-order valence-corrected chi connectivity index (χ1v) is 6.35. The lowest BCUT2D eigenvalue weighted by atomic mass is 10.2. The highest BCUT2D eigenvalue weighted by Gasteiger charge is 2.17. The standard InChI is InChI=1S/C12H8ClNO4S/c13-6-1-2-9(15)7(5-6)11(16)14-8-3-4-19-10(8)12(17)18/h1-5,15H,(H,14,16)(H,17,18). The van der Waals surface area contributed by atoms with Gasteiger partial charge in [0.1, 0.15) is 10.6 Å². The first-order valence-electron chi connectivity index (χ1n) is 5.09. The smallest absolute Gasteiger partial charge is 0.348 e. The van der Waals surface area contributed by atoms with E-state index in [2.05, 4.69) is 5.32 Å². The second kappa shape index (κ2) is 5.29. The number of benzene rings is 1. The molecule has 0 aliphatic rings. The van der Waals surface area contributed by atoms with Gasteiger partial charge in [0.05, 0.1) is 11.3 Å². The van der Waals surface area contributed by atoms with Crippen molar-refractivity contribution in [3.8, 4) is 5.75 Å². The van der Waals surface area contributed by atoms with Gasteiger partial charge in [-0.2, -0.15) is 0 Å². The van der Waals surface area contributed by atoms with Gasteiger partial charge in [0.15, 0.2) is 0 Å². The van der Waals surface area contributed by atoms with Gasteiger partial charge in [-0.05, 0) is 29.6 Å². The van der Waals surface area contributed by atoms with E-state index in [0.29, 0.717) is 5.02 Å². The van der Waals surface area contributed by atoms with Gasteiger partial charge >= 0.3 is 5.97 Å². The van der Waals surface area contributed by atoms with E-state index in [1.165, 1.54) is 24.3 Å². The Hall–Kier alpha value is -2.05. The molecule has 0 bridgehead atoms. The van der Waals surface area contributed by atoms with Crippen molar-refractivity contribution in [2.24, 2.45) is 0 Å². The number of phenols is 1. The number of phenolic OH excluding ortho intramolecular Hbond substituents is 1. The lowest BCUT2D eigenvalue weighted by molar-refractivity contribution is 0.0703. The second-order valence-corrected chi connectivity index (χ2v) is 4.94. The summed E-state index contributed by atoms with van der Waals surface area (Å²) >= 11 is 6.74. The minimum absolute atomic E-state index is 0.0185. The van der Waals surface area contributed by atoms with Crippen LogP contribution in [0.15, 0.2) is 29.6 Å². The van der Waals surface area contributed by atoms with Crippen LogP contribution in [0.4, 0.5) is 5.69 Å². The van der Waals surface area contributed by atoms with Crippen molar-refractivity contribution in [3.05, 3.63) is 45.1 Å². The van der Waals surface area contributed by atoms with Crippen molar-refractivity contribution in [2.45, 2.75) is 0 Å². The van der Waals surface area contributed by atoms with Crippen LogP contribution in [-0.2, 0) is 0 Å². The quantitative estimate of drug-likeness (QED) is 0.812. The second-order valence-electron chi connectivity index (χ2n) is 3.58. The minimum atomic E-state index is -1.12. The van der Waals surface area contributed by atoms with E-state index in [0.717, 1.165) is 11.3 Å². The van der Waals surface area contributed by atoms with Gasteiger partial charge in [-0.25, -0.2) is 4.79 Å². The van der Waals surface area contributed by atoms with Crippen LogP contribution >= 0.6 is 22.9 Å². The predicted octanol–water partition coefficient (Wildman–Crippen LogP) is 3.06. The van der Waals surface area contributed by atoms with Crippen LogP contribution in [0.25, 0.3) is 0 Å². The van der Waals surface area contributed by atoms with Gasteiger partial charge < -0.3 is 15.5 Å². The minimum Gasteiger partial charge on any atom is -0.507 e.